The molecule has 1 atom stereocenters. The van der Waals surface area contributed by atoms with Gasteiger partial charge in [0.1, 0.15) is 23.3 Å². The molecule has 1 aliphatic rings. The second-order valence-corrected chi connectivity index (χ2v) is 8.71. The molecule has 0 saturated carbocycles. The number of nitrogens with zero attached hydrogens (tertiary/aromatic N) is 1. The molecule has 0 saturated heterocycles. The van der Waals surface area contributed by atoms with Crippen molar-refractivity contribution < 1.29 is 22.8 Å². The number of nitro benzene ring substituents is 1. The zero-order valence-electron chi connectivity index (χ0n) is 15.9. The molecular formula is C19H22N2O6S. The fourth-order valence-electron chi connectivity index (χ4n) is 3.14. The Labute approximate surface area is 163 Å². The summed E-state index contributed by atoms with van der Waals surface area (Å²) in [6, 6.07) is 7.64. The Bertz CT molecular complexity index is 1020. The van der Waals surface area contributed by atoms with Gasteiger partial charge in [0.05, 0.1) is 16.4 Å². The Morgan fingerprint density at radius 1 is 1.32 bits per heavy atom. The molecule has 28 heavy (non-hydrogen) atoms. The zero-order chi connectivity index (χ0) is 20.5. The lowest BCUT2D eigenvalue weighted by Gasteiger charge is -2.14. The first-order valence-corrected chi connectivity index (χ1v) is 10.8. The second kappa shape index (κ2) is 7.67. The van der Waals surface area contributed by atoms with Crippen LogP contribution < -0.4 is 14.8 Å². The van der Waals surface area contributed by atoms with E-state index >= 15 is 0 Å². The van der Waals surface area contributed by atoms with Gasteiger partial charge in [-0.3, -0.25) is 10.1 Å². The van der Waals surface area contributed by atoms with Crippen molar-refractivity contribution in [2.75, 3.05) is 18.2 Å². The molecule has 1 N–H and O–H groups in total. The Hall–Kier alpha value is -2.81. The molecule has 3 rings (SSSR count). The summed E-state index contributed by atoms with van der Waals surface area (Å²) in [5.74, 6) is 1.48. The standard InChI is InChI=1S/C19H22N2O6S/c1-4-26-18-8-13-7-12(2)27-19(13)9-14(18)11-20-16-6-5-15(28(3,24)25)10-17(16)21(22)23/h5-6,8-10,12,20H,4,7,11H2,1-3H3/t12-/m1/s1. The largest absolute Gasteiger partial charge is 0.494 e. The van der Waals surface area contributed by atoms with Gasteiger partial charge in [-0.2, -0.15) is 0 Å². The van der Waals surface area contributed by atoms with Gasteiger partial charge in [-0.1, -0.05) is 0 Å². The van der Waals surface area contributed by atoms with Gasteiger partial charge in [0, 0.05) is 36.4 Å². The highest BCUT2D eigenvalue weighted by atomic mass is 32.2. The van der Waals surface area contributed by atoms with Gasteiger partial charge in [-0.15, -0.1) is 0 Å². The summed E-state index contributed by atoms with van der Waals surface area (Å²) in [4.78, 5) is 10.7. The summed E-state index contributed by atoms with van der Waals surface area (Å²) in [6.45, 7) is 4.63. The third kappa shape index (κ3) is 4.19. The molecule has 0 fully saturated rings. The number of nitrogens with one attached hydrogen (secondary N) is 1. The maximum atomic E-state index is 11.7. The van der Waals surface area contributed by atoms with E-state index in [1.54, 1.807) is 0 Å². The molecule has 1 heterocycles. The van der Waals surface area contributed by atoms with Crippen LogP contribution in [0.1, 0.15) is 25.0 Å². The van der Waals surface area contributed by atoms with Crippen LogP contribution in [-0.4, -0.2) is 32.3 Å². The van der Waals surface area contributed by atoms with E-state index in [1.165, 1.54) is 12.1 Å². The van der Waals surface area contributed by atoms with Crippen LogP contribution in [0.3, 0.4) is 0 Å². The Morgan fingerprint density at radius 2 is 2.07 bits per heavy atom. The van der Waals surface area contributed by atoms with Gasteiger partial charge < -0.3 is 14.8 Å². The van der Waals surface area contributed by atoms with E-state index in [2.05, 4.69) is 5.32 Å². The van der Waals surface area contributed by atoms with Gasteiger partial charge in [0.25, 0.3) is 5.69 Å². The maximum absolute atomic E-state index is 11.7. The van der Waals surface area contributed by atoms with Crippen LogP contribution >= 0.6 is 0 Å². The number of nitro groups is 1. The van der Waals surface area contributed by atoms with Crippen LogP contribution in [0.2, 0.25) is 0 Å². The van der Waals surface area contributed by atoms with E-state index in [0.29, 0.717) is 12.4 Å². The van der Waals surface area contributed by atoms with E-state index in [1.807, 2.05) is 26.0 Å². The molecule has 0 aliphatic carbocycles. The molecule has 0 bridgehead atoms. The lowest BCUT2D eigenvalue weighted by atomic mass is 10.1. The lowest BCUT2D eigenvalue weighted by molar-refractivity contribution is -0.384. The summed E-state index contributed by atoms with van der Waals surface area (Å²) in [6.07, 6.45) is 1.91. The van der Waals surface area contributed by atoms with Gasteiger partial charge in [0.2, 0.25) is 0 Å². The summed E-state index contributed by atoms with van der Waals surface area (Å²) in [5.41, 5.74) is 1.81. The molecule has 2 aromatic carbocycles. The predicted octanol–water partition coefficient (Wildman–Crippen LogP) is 3.33. The van der Waals surface area contributed by atoms with Crippen molar-refractivity contribution in [2.45, 2.75) is 37.8 Å². The van der Waals surface area contributed by atoms with Crippen molar-refractivity contribution in [1.29, 1.82) is 0 Å². The smallest absolute Gasteiger partial charge is 0.293 e. The Kier molecular flexibility index (Phi) is 5.46. The van der Waals surface area contributed by atoms with Crippen LogP contribution in [0.25, 0.3) is 0 Å². The third-order valence-corrected chi connectivity index (χ3v) is 5.55. The van der Waals surface area contributed by atoms with Crippen LogP contribution in [0.5, 0.6) is 11.5 Å². The molecule has 0 amide bonds. The minimum Gasteiger partial charge on any atom is -0.494 e. The average Bonchev–Trinajstić information content (AvgIpc) is 2.97. The monoisotopic (exact) mass is 406 g/mol. The van der Waals surface area contributed by atoms with E-state index < -0.39 is 14.8 Å². The minimum atomic E-state index is -3.54. The quantitative estimate of drug-likeness (QED) is 0.555. The first kappa shape index (κ1) is 19.9. The third-order valence-electron chi connectivity index (χ3n) is 4.44. The predicted molar refractivity (Wildman–Crippen MR) is 105 cm³/mol. The molecule has 2 aromatic rings. The van der Waals surface area contributed by atoms with Crippen LogP contribution in [0, 0.1) is 10.1 Å². The van der Waals surface area contributed by atoms with E-state index in [9.17, 15) is 18.5 Å². The van der Waals surface area contributed by atoms with Gasteiger partial charge in [-0.25, -0.2) is 8.42 Å². The number of hydrogen-bond donors (Lipinski definition) is 1. The fourth-order valence-corrected chi connectivity index (χ4v) is 3.78. The molecule has 9 heteroatoms. The Morgan fingerprint density at radius 3 is 2.71 bits per heavy atom. The number of hydrogen-bond acceptors (Lipinski definition) is 7. The minimum absolute atomic E-state index is 0.0947. The van der Waals surface area contributed by atoms with Crippen LogP contribution in [-0.2, 0) is 22.8 Å². The molecule has 1 aliphatic heterocycles. The molecule has 8 nitrogen and oxygen atoms in total. The number of anilines is 1. The molecule has 0 aromatic heterocycles. The molecule has 150 valence electrons. The van der Waals surface area contributed by atoms with Crippen LogP contribution in [0.4, 0.5) is 11.4 Å². The van der Waals surface area contributed by atoms with E-state index in [4.69, 9.17) is 9.47 Å². The highest BCUT2D eigenvalue weighted by molar-refractivity contribution is 7.90. The van der Waals surface area contributed by atoms with Crippen LogP contribution in [0.15, 0.2) is 35.2 Å². The van der Waals surface area contributed by atoms with Crippen molar-refractivity contribution in [3.05, 3.63) is 51.6 Å². The number of sulfone groups is 1. The highest BCUT2D eigenvalue weighted by Crippen LogP contribution is 2.36. The van der Waals surface area contributed by atoms with Crippen molar-refractivity contribution in [2.24, 2.45) is 0 Å². The molecule has 0 spiro atoms. The lowest BCUT2D eigenvalue weighted by Crippen LogP contribution is -2.07. The SMILES string of the molecule is CCOc1cc2c(cc1CNc1ccc(S(C)(=O)=O)cc1[N+](=O)[O-])O[C@H](C)C2. The highest BCUT2D eigenvalue weighted by Gasteiger charge is 2.23. The topological polar surface area (TPSA) is 108 Å². The fraction of sp³-hybridized carbons (Fsp3) is 0.368. The number of ether oxygens (including phenoxy) is 2. The summed E-state index contributed by atoms with van der Waals surface area (Å²) >= 11 is 0. The molecule has 0 radical (unpaired) electrons. The van der Waals surface area contributed by atoms with E-state index in [-0.39, 0.29) is 28.9 Å². The summed E-state index contributed by atoms with van der Waals surface area (Å²) in [7, 11) is -3.54. The number of fused-ring (bicyclic) bond motifs is 1. The van der Waals surface area contributed by atoms with Gasteiger partial charge in [0.15, 0.2) is 9.84 Å². The van der Waals surface area contributed by atoms with Gasteiger partial charge >= 0.3 is 0 Å². The normalized spacial score (nSPS) is 15.6. The maximum Gasteiger partial charge on any atom is 0.293 e. The first-order chi connectivity index (χ1) is 13.2. The van der Waals surface area contributed by atoms with Crippen molar-refractivity contribution in [1.82, 2.24) is 0 Å². The summed E-state index contributed by atoms with van der Waals surface area (Å²) < 4.78 is 34.9. The first-order valence-electron chi connectivity index (χ1n) is 8.86. The molecule has 0 unspecified atom stereocenters. The van der Waals surface area contributed by atoms with Gasteiger partial charge in [-0.05, 0) is 38.1 Å². The Balaban J connectivity index is 1.90. The summed E-state index contributed by atoms with van der Waals surface area (Å²) in [5, 5.41) is 14.4. The zero-order valence-corrected chi connectivity index (χ0v) is 16.7. The average molecular weight is 406 g/mol. The molecular weight excluding hydrogens is 384 g/mol. The number of rotatable bonds is 7. The second-order valence-electron chi connectivity index (χ2n) is 6.70. The van der Waals surface area contributed by atoms with Crippen molar-refractivity contribution in [3.8, 4) is 11.5 Å². The van der Waals surface area contributed by atoms with E-state index in [0.717, 1.165) is 35.6 Å². The van der Waals surface area contributed by atoms with Crippen molar-refractivity contribution >= 4 is 21.2 Å². The van der Waals surface area contributed by atoms with Crippen molar-refractivity contribution in [3.63, 3.8) is 0 Å². The number of benzene rings is 2.